The third-order valence-electron chi connectivity index (χ3n) is 3.07. The van der Waals surface area contributed by atoms with Gasteiger partial charge >= 0.3 is 0 Å². The van der Waals surface area contributed by atoms with Gasteiger partial charge in [-0.2, -0.15) is 0 Å². The second kappa shape index (κ2) is 8.76. The van der Waals surface area contributed by atoms with Crippen LogP contribution >= 0.6 is 0 Å². The zero-order valence-corrected chi connectivity index (χ0v) is 12.5. The topological polar surface area (TPSA) is 21.3 Å². The molecule has 19 heavy (non-hydrogen) atoms. The molecular formula is C17H27NO. The summed E-state index contributed by atoms with van der Waals surface area (Å²) in [5, 5.41) is 3.61. The molecule has 1 aromatic rings. The molecule has 0 aromatic heterocycles. The molecule has 0 fully saturated rings. The van der Waals surface area contributed by atoms with Crippen LogP contribution in [0, 0.1) is 0 Å². The summed E-state index contributed by atoms with van der Waals surface area (Å²) in [7, 11) is 0. The van der Waals surface area contributed by atoms with Crippen molar-refractivity contribution >= 4 is 0 Å². The summed E-state index contributed by atoms with van der Waals surface area (Å²) in [5.74, 6) is 0.957. The molecule has 0 aliphatic carbocycles. The van der Waals surface area contributed by atoms with Crippen LogP contribution < -0.4 is 10.1 Å². The summed E-state index contributed by atoms with van der Waals surface area (Å²) in [6.45, 7) is 12.0. The van der Waals surface area contributed by atoms with Crippen molar-refractivity contribution in [3.63, 3.8) is 0 Å². The van der Waals surface area contributed by atoms with Gasteiger partial charge in [0.1, 0.15) is 5.75 Å². The van der Waals surface area contributed by atoms with Crippen molar-refractivity contribution in [2.45, 2.75) is 46.1 Å². The van der Waals surface area contributed by atoms with E-state index in [9.17, 15) is 0 Å². The van der Waals surface area contributed by atoms with Gasteiger partial charge in [-0.05, 0) is 57.4 Å². The van der Waals surface area contributed by atoms with Gasteiger partial charge in [-0.15, -0.1) is 6.58 Å². The Bertz CT molecular complexity index is 387. The predicted octanol–water partition coefficient (Wildman–Crippen LogP) is 4.48. The van der Waals surface area contributed by atoms with Crippen molar-refractivity contribution in [3.8, 4) is 5.75 Å². The molecule has 0 radical (unpaired) electrons. The van der Waals surface area contributed by atoms with E-state index < -0.39 is 0 Å². The lowest BCUT2D eigenvalue weighted by molar-refractivity contribution is 0.339. The van der Waals surface area contributed by atoms with Crippen LogP contribution in [0.2, 0.25) is 0 Å². The zero-order valence-electron chi connectivity index (χ0n) is 12.5. The summed E-state index contributed by atoms with van der Waals surface area (Å²) in [6.07, 6.45) is 3.29. The van der Waals surface area contributed by atoms with Gasteiger partial charge in [0.05, 0.1) is 6.61 Å². The van der Waals surface area contributed by atoms with Gasteiger partial charge in [-0.3, -0.25) is 0 Å². The van der Waals surface area contributed by atoms with E-state index in [-0.39, 0.29) is 0 Å². The van der Waals surface area contributed by atoms with Crippen LogP contribution in [-0.2, 0) is 0 Å². The monoisotopic (exact) mass is 261 g/mol. The summed E-state index contributed by atoms with van der Waals surface area (Å²) in [6, 6.07) is 8.80. The van der Waals surface area contributed by atoms with Crippen LogP contribution in [0.15, 0.2) is 36.4 Å². The average Bonchev–Trinajstić information content (AvgIpc) is 2.39. The summed E-state index contributed by atoms with van der Waals surface area (Å²) in [4.78, 5) is 0. The van der Waals surface area contributed by atoms with Crippen molar-refractivity contribution in [1.29, 1.82) is 0 Å². The molecule has 0 aliphatic heterocycles. The van der Waals surface area contributed by atoms with E-state index in [1.807, 2.05) is 13.0 Å². The Kier molecular flexibility index (Phi) is 7.27. The molecule has 2 heteroatoms. The lowest BCUT2D eigenvalue weighted by Gasteiger charge is -2.20. The van der Waals surface area contributed by atoms with Gasteiger partial charge in [-0.25, -0.2) is 0 Å². The molecule has 0 spiro atoms. The molecule has 1 N–H and O–H groups in total. The highest BCUT2D eigenvalue weighted by atomic mass is 16.5. The van der Waals surface area contributed by atoms with Gasteiger partial charge < -0.3 is 10.1 Å². The van der Waals surface area contributed by atoms with Crippen LogP contribution in [0.1, 0.15) is 51.6 Å². The van der Waals surface area contributed by atoms with Gasteiger partial charge in [0.2, 0.25) is 0 Å². The fourth-order valence-corrected chi connectivity index (χ4v) is 2.08. The number of nitrogens with one attached hydrogen (secondary N) is 1. The molecular weight excluding hydrogens is 234 g/mol. The molecule has 1 aromatic carbocycles. The lowest BCUT2D eigenvalue weighted by atomic mass is 9.99. The second-order valence-electron chi connectivity index (χ2n) is 5.01. The van der Waals surface area contributed by atoms with Crippen LogP contribution in [0.25, 0.3) is 0 Å². The van der Waals surface area contributed by atoms with E-state index in [0.717, 1.165) is 31.6 Å². The van der Waals surface area contributed by atoms with Gasteiger partial charge in [-0.1, -0.05) is 24.6 Å². The maximum Gasteiger partial charge on any atom is 0.119 e. The molecule has 1 atom stereocenters. The average molecular weight is 261 g/mol. The quantitative estimate of drug-likeness (QED) is 0.662. The van der Waals surface area contributed by atoms with Crippen molar-refractivity contribution in [1.82, 2.24) is 5.32 Å². The van der Waals surface area contributed by atoms with E-state index >= 15 is 0 Å². The van der Waals surface area contributed by atoms with Crippen LogP contribution in [-0.4, -0.2) is 13.2 Å². The highest BCUT2D eigenvalue weighted by Crippen LogP contribution is 2.24. The van der Waals surface area contributed by atoms with E-state index in [1.165, 1.54) is 11.1 Å². The lowest BCUT2D eigenvalue weighted by Crippen LogP contribution is -2.22. The Hall–Kier alpha value is -1.28. The fraction of sp³-hybridized carbons (Fsp3) is 0.529. The van der Waals surface area contributed by atoms with E-state index in [1.54, 1.807) is 0 Å². The maximum atomic E-state index is 5.58. The maximum absolute atomic E-state index is 5.58. The first-order valence-corrected chi connectivity index (χ1v) is 7.27. The Balaban J connectivity index is 2.76. The fourth-order valence-electron chi connectivity index (χ4n) is 2.08. The Morgan fingerprint density at radius 3 is 2.79 bits per heavy atom. The molecule has 0 heterocycles. The SMILES string of the molecule is C=C(C)CCC(NCCC)c1cccc(OCC)c1. The second-order valence-corrected chi connectivity index (χ2v) is 5.01. The zero-order chi connectivity index (χ0) is 14.1. The minimum Gasteiger partial charge on any atom is -0.494 e. The molecule has 0 bridgehead atoms. The van der Waals surface area contributed by atoms with Gasteiger partial charge in [0, 0.05) is 6.04 Å². The van der Waals surface area contributed by atoms with E-state index in [4.69, 9.17) is 4.74 Å². The molecule has 0 amide bonds. The Morgan fingerprint density at radius 1 is 1.37 bits per heavy atom. The van der Waals surface area contributed by atoms with Gasteiger partial charge in [0.25, 0.3) is 0 Å². The number of rotatable bonds is 9. The highest BCUT2D eigenvalue weighted by molar-refractivity contribution is 5.30. The molecule has 0 saturated carbocycles. The minimum absolute atomic E-state index is 0.386. The van der Waals surface area contributed by atoms with Crippen molar-refractivity contribution < 1.29 is 4.74 Å². The number of hydrogen-bond donors (Lipinski definition) is 1. The van der Waals surface area contributed by atoms with Crippen molar-refractivity contribution in [3.05, 3.63) is 42.0 Å². The van der Waals surface area contributed by atoms with Crippen LogP contribution in [0.5, 0.6) is 5.75 Å². The molecule has 1 unspecified atom stereocenters. The van der Waals surface area contributed by atoms with Crippen molar-refractivity contribution in [2.24, 2.45) is 0 Å². The number of benzene rings is 1. The Morgan fingerprint density at radius 2 is 2.16 bits per heavy atom. The molecule has 0 aliphatic rings. The number of allylic oxidation sites excluding steroid dienone is 1. The predicted molar refractivity (Wildman–Crippen MR) is 82.7 cm³/mol. The first-order valence-electron chi connectivity index (χ1n) is 7.27. The largest absolute Gasteiger partial charge is 0.494 e. The third kappa shape index (κ3) is 5.93. The number of ether oxygens (including phenoxy) is 1. The molecule has 0 saturated heterocycles. The summed E-state index contributed by atoms with van der Waals surface area (Å²) >= 11 is 0. The molecule has 1 rings (SSSR count). The van der Waals surface area contributed by atoms with Crippen LogP contribution in [0.3, 0.4) is 0 Å². The van der Waals surface area contributed by atoms with Crippen molar-refractivity contribution in [2.75, 3.05) is 13.2 Å². The van der Waals surface area contributed by atoms with Gasteiger partial charge in [0.15, 0.2) is 0 Å². The van der Waals surface area contributed by atoms with E-state index in [0.29, 0.717) is 12.6 Å². The molecule has 106 valence electrons. The molecule has 2 nitrogen and oxygen atoms in total. The minimum atomic E-state index is 0.386. The van der Waals surface area contributed by atoms with Crippen LogP contribution in [0.4, 0.5) is 0 Å². The smallest absolute Gasteiger partial charge is 0.119 e. The standard InChI is InChI=1S/C17H27NO/c1-5-12-18-17(11-10-14(3)4)15-8-7-9-16(13-15)19-6-2/h7-9,13,17-18H,3,5-6,10-12H2,1-2,4H3. The normalized spacial score (nSPS) is 12.2. The summed E-state index contributed by atoms with van der Waals surface area (Å²) < 4.78 is 5.58. The first kappa shape index (κ1) is 15.8. The highest BCUT2D eigenvalue weighted by Gasteiger charge is 2.11. The summed E-state index contributed by atoms with van der Waals surface area (Å²) in [5.41, 5.74) is 2.55. The number of hydrogen-bond acceptors (Lipinski definition) is 2. The Labute approximate surface area is 117 Å². The van der Waals surface area contributed by atoms with E-state index in [2.05, 4.69) is 43.9 Å². The first-order chi connectivity index (χ1) is 9.17. The third-order valence-corrected chi connectivity index (χ3v) is 3.07.